The van der Waals surface area contributed by atoms with Crippen molar-refractivity contribution in [2.45, 2.75) is 92.1 Å². The normalized spacial score (nSPS) is 16.7. The molecule has 2 aromatic rings. The molecule has 208 valence electrons. The van der Waals surface area contributed by atoms with E-state index in [0.717, 1.165) is 27.3 Å². The summed E-state index contributed by atoms with van der Waals surface area (Å²) in [6.45, 7) is 13.3. The van der Waals surface area contributed by atoms with Crippen molar-refractivity contribution in [2.75, 3.05) is 6.54 Å². The maximum Gasteiger partial charge on any atom is 0.408 e. The molecule has 0 spiro atoms. The summed E-state index contributed by atoms with van der Waals surface area (Å²) in [5, 5.41) is 15.6. The molecule has 3 N–H and O–H groups in total. The molecule has 38 heavy (non-hydrogen) atoms. The highest BCUT2D eigenvalue weighted by atomic mass is 32.1. The van der Waals surface area contributed by atoms with Crippen LogP contribution in [0.4, 0.5) is 4.79 Å². The van der Waals surface area contributed by atoms with Crippen molar-refractivity contribution < 1.29 is 24.2 Å². The highest BCUT2D eigenvalue weighted by Crippen LogP contribution is 2.30. The monoisotopic (exact) mass is 544 g/mol. The molecule has 1 aromatic heterocycles. The van der Waals surface area contributed by atoms with Crippen LogP contribution < -0.4 is 10.6 Å². The smallest absolute Gasteiger partial charge is 0.408 e. The molecule has 1 aromatic carbocycles. The Balaban J connectivity index is 1.70. The predicted molar refractivity (Wildman–Crippen MR) is 147 cm³/mol. The van der Waals surface area contributed by atoms with Gasteiger partial charge < -0.3 is 25.4 Å². The summed E-state index contributed by atoms with van der Waals surface area (Å²) < 4.78 is 5.37. The molecule has 0 aliphatic carbocycles. The molecule has 1 aliphatic rings. The second kappa shape index (κ2) is 11.8. The number of benzene rings is 1. The van der Waals surface area contributed by atoms with Gasteiger partial charge >= 0.3 is 6.09 Å². The second-order valence-corrected chi connectivity index (χ2v) is 12.6. The van der Waals surface area contributed by atoms with Gasteiger partial charge in [-0.2, -0.15) is 0 Å². The average molecular weight is 545 g/mol. The largest absolute Gasteiger partial charge is 0.444 e. The van der Waals surface area contributed by atoms with Gasteiger partial charge in [-0.1, -0.05) is 32.9 Å². The summed E-state index contributed by atoms with van der Waals surface area (Å²) in [6.07, 6.45) is 0.564. The Bertz CT molecular complexity index is 1160. The number of carbonyl (C=O) groups is 3. The minimum atomic E-state index is -0.852. The van der Waals surface area contributed by atoms with Crippen LogP contribution in [0.15, 0.2) is 23.7 Å². The third kappa shape index (κ3) is 7.32. The first-order chi connectivity index (χ1) is 17.7. The molecule has 2 atom stereocenters. The van der Waals surface area contributed by atoms with Crippen LogP contribution in [0.5, 0.6) is 0 Å². The molecular formula is C28H40N4O5S. The molecule has 2 unspecified atom stereocenters. The zero-order valence-corrected chi connectivity index (χ0v) is 24.2. The minimum absolute atomic E-state index is 0.158. The molecule has 3 amide bonds. The molecule has 0 saturated carbocycles. The van der Waals surface area contributed by atoms with E-state index in [4.69, 9.17) is 4.74 Å². The van der Waals surface area contributed by atoms with E-state index >= 15 is 0 Å². The Morgan fingerprint density at radius 2 is 1.89 bits per heavy atom. The summed E-state index contributed by atoms with van der Waals surface area (Å²) >= 11 is 1.54. The number of nitrogens with one attached hydrogen (secondary N) is 2. The van der Waals surface area contributed by atoms with Crippen molar-refractivity contribution in [2.24, 2.45) is 5.41 Å². The highest BCUT2D eigenvalue weighted by molar-refractivity contribution is 7.13. The number of alkyl carbamates (subject to hydrolysis) is 1. The number of ether oxygens (including phenoxy) is 1. The Morgan fingerprint density at radius 1 is 1.18 bits per heavy atom. The fourth-order valence-electron chi connectivity index (χ4n) is 4.51. The minimum Gasteiger partial charge on any atom is -0.444 e. The van der Waals surface area contributed by atoms with Crippen molar-refractivity contribution in [1.82, 2.24) is 20.5 Å². The van der Waals surface area contributed by atoms with Crippen LogP contribution >= 0.6 is 11.3 Å². The van der Waals surface area contributed by atoms with Crippen molar-refractivity contribution in [3.05, 3.63) is 40.5 Å². The van der Waals surface area contributed by atoms with Crippen LogP contribution in [0.25, 0.3) is 10.4 Å². The van der Waals surface area contributed by atoms with Gasteiger partial charge in [0.2, 0.25) is 11.8 Å². The molecular weight excluding hydrogens is 504 g/mol. The van der Waals surface area contributed by atoms with Crippen LogP contribution in [0.2, 0.25) is 0 Å². The third-order valence-corrected chi connectivity index (χ3v) is 7.43. The molecule has 9 nitrogen and oxygen atoms in total. The number of hydrogen-bond donors (Lipinski definition) is 3. The van der Waals surface area contributed by atoms with Gasteiger partial charge in [-0.15, -0.1) is 11.3 Å². The third-order valence-electron chi connectivity index (χ3n) is 6.45. The lowest BCUT2D eigenvalue weighted by molar-refractivity contribution is -0.142. The SMILES string of the molecule is Cc1ncsc1-c1ccc(CNC(=O)C2CCCN2C(=O)C(NC(=O)OC(C)(C)C)C(C)(C)C)c(CO)c1. The molecule has 0 bridgehead atoms. The van der Waals surface area contributed by atoms with Gasteiger partial charge in [0.05, 0.1) is 22.7 Å². The fourth-order valence-corrected chi connectivity index (χ4v) is 5.31. The summed E-state index contributed by atoms with van der Waals surface area (Å²) in [6, 6.07) is 4.30. The molecule has 0 radical (unpaired) electrons. The first-order valence-electron chi connectivity index (χ1n) is 12.9. The van der Waals surface area contributed by atoms with Crippen molar-refractivity contribution in [3.63, 3.8) is 0 Å². The van der Waals surface area contributed by atoms with Gasteiger partial charge in [-0.05, 0) is 68.7 Å². The van der Waals surface area contributed by atoms with Crippen molar-refractivity contribution >= 4 is 29.2 Å². The van der Waals surface area contributed by atoms with E-state index in [2.05, 4.69) is 15.6 Å². The Labute approximate surface area is 229 Å². The topological polar surface area (TPSA) is 121 Å². The summed E-state index contributed by atoms with van der Waals surface area (Å²) in [5.41, 5.74) is 3.94. The lowest BCUT2D eigenvalue weighted by Gasteiger charge is -2.35. The molecule has 2 heterocycles. The quantitative estimate of drug-likeness (QED) is 0.481. The van der Waals surface area contributed by atoms with Gasteiger partial charge in [0.15, 0.2) is 0 Å². The fraction of sp³-hybridized carbons (Fsp3) is 0.571. The maximum absolute atomic E-state index is 13.6. The summed E-state index contributed by atoms with van der Waals surface area (Å²) in [5.74, 6) is -0.562. The van der Waals surface area contributed by atoms with E-state index < -0.39 is 29.2 Å². The maximum atomic E-state index is 13.6. The number of aromatic nitrogens is 1. The zero-order valence-electron chi connectivity index (χ0n) is 23.4. The average Bonchev–Trinajstić information content (AvgIpc) is 3.48. The number of aliphatic hydroxyl groups excluding tert-OH is 1. The highest BCUT2D eigenvalue weighted by Gasteiger charge is 2.42. The first kappa shape index (κ1) is 29.6. The van der Waals surface area contributed by atoms with Gasteiger partial charge in [-0.25, -0.2) is 9.78 Å². The number of amides is 3. The van der Waals surface area contributed by atoms with E-state index in [-0.39, 0.29) is 25.0 Å². The van der Waals surface area contributed by atoms with Gasteiger partial charge in [0.25, 0.3) is 0 Å². The Kier molecular flexibility index (Phi) is 9.20. The van der Waals surface area contributed by atoms with Crippen LogP contribution in [0.1, 0.15) is 71.2 Å². The lowest BCUT2D eigenvalue weighted by atomic mass is 9.85. The second-order valence-electron chi connectivity index (χ2n) is 11.8. The predicted octanol–water partition coefficient (Wildman–Crippen LogP) is 4.16. The molecule has 1 aliphatic heterocycles. The molecule has 1 fully saturated rings. The number of aliphatic hydroxyl groups is 1. The summed E-state index contributed by atoms with van der Waals surface area (Å²) in [4.78, 5) is 46.2. The van der Waals surface area contributed by atoms with Gasteiger partial charge in [0.1, 0.15) is 17.7 Å². The number of hydrogen-bond acceptors (Lipinski definition) is 7. The van der Waals surface area contributed by atoms with Gasteiger partial charge in [-0.3, -0.25) is 9.59 Å². The Hall–Kier alpha value is -2.98. The zero-order chi connectivity index (χ0) is 28.3. The molecule has 1 saturated heterocycles. The number of aryl methyl sites for hydroxylation is 1. The van der Waals surface area contributed by atoms with Crippen LogP contribution in [0, 0.1) is 12.3 Å². The van der Waals surface area contributed by atoms with Crippen LogP contribution in [0.3, 0.4) is 0 Å². The Morgan fingerprint density at radius 3 is 2.47 bits per heavy atom. The first-order valence-corrected chi connectivity index (χ1v) is 13.8. The van der Waals surface area contributed by atoms with E-state index in [9.17, 15) is 19.5 Å². The molecule has 3 rings (SSSR count). The molecule has 10 heteroatoms. The van der Waals surface area contributed by atoms with E-state index in [0.29, 0.717) is 19.4 Å². The number of rotatable bonds is 7. The van der Waals surface area contributed by atoms with E-state index in [1.807, 2.05) is 45.9 Å². The number of thiazole rings is 1. The number of carbonyl (C=O) groups excluding carboxylic acids is 3. The van der Waals surface area contributed by atoms with Crippen molar-refractivity contribution in [1.29, 1.82) is 0 Å². The number of likely N-dealkylation sites (tertiary alicyclic amines) is 1. The summed E-state index contributed by atoms with van der Waals surface area (Å²) in [7, 11) is 0. The number of nitrogens with zero attached hydrogens (tertiary/aromatic N) is 2. The van der Waals surface area contributed by atoms with E-state index in [1.54, 1.807) is 42.5 Å². The van der Waals surface area contributed by atoms with E-state index in [1.165, 1.54) is 0 Å². The lowest BCUT2D eigenvalue weighted by Crippen LogP contribution is -2.58. The van der Waals surface area contributed by atoms with Gasteiger partial charge in [0, 0.05) is 13.1 Å². The van der Waals surface area contributed by atoms with Crippen LogP contribution in [-0.4, -0.2) is 57.1 Å². The standard InChI is InChI=1S/C28H40N4O5S/c1-17-22(38-16-30-17)18-10-11-19(20(13-18)15-33)14-29-24(34)21-9-8-12-32(21)25(35)23(27(2,3)4)31-26(36)37-28(5,6)7/h10-11,13,16,21,23,33H,8-9,12,14-15H2,1-7H3,(H,29,34)(H,31,36). The van der Waals surface area contributed by atoms with Crippen LogP contribution in [-0.2, 0) is 27.5 Å². The van der Waals surface area contributed by atoms with Crippen molar-refractivity contribution in [3.8, 4) is 10.4 Å².